The topological polar surface area (TPSA) is 12.0 Å². The molecule has 0 saturated heterocycles. The molecule has 5 heteroatoms. The van der Waals surface area contributed by atoms with Crippen molar-refractivity contribution in [2.45, 2.75) is 6.04 Å². The average Bonchev–Trinajstić information content (AvgIpc) is 2.95. The van der Waals surface area contributed by atoms with Gasteiger partial charge in [-0.15, -0.1) is 34.0 Å². The van der Waals surface area contributed by atoms with E-state index < -0.39 is 0 Å². The Bertz CT molecular complexity index is 608. The maximum Gasteiger partial charge on any atom is 0.0931 e. The Balaban J connectivity index is 2.03. The highest BCUT2D eigenvalue weighted by atomic mass is 35.5. The third-order valence-electron chi connectivity index (χ3n) is 2.61. The van der Waals surface area contributed by atoms with E-state index >= 15 is 0 Å². The predicted molar refractivity (Wildman–Crippen MR) is 79.9 cm³/mol. The summed E-state index contributed by atoms with van der Waals surface area (Å²) in [5.74, 6) is 0. The van der Waals surface area contributed by atoms with Crippen molar-refractivity contribution < 1.29 is 0 Å². The number of rotatable bonds is 3. The molecule has 0 aliphatic rings. The molecule has 1 unspecified atom stereocenters. The first kappa shape index (κ1) is 11.7. The van der Waals surface area contributed by atoms with Crippen LogP contribution in [0.1, 0.15) is 15.8 Å². The Labute approximate surface area is 117 Å². The van der Waals surface area contributed by atoms with Gasteiger partial charge in [-0.2, -0.15) is 0 Å². The van der Waals surface area contributed by atoms with Crippen molar-refractivity contribution in [2.75, 3.05) is 7.05 Å². The summed E-state index contributed by atoms with van der Waals surface area (Å²) in [4.78, 5) is 2.62. The lowest BCUT2D eigenvalue weighted by Crippen LogP contribution is -2.14. The van der Waals surface area contributed by atoms with Crippen LogP contribution in [0.5, 0.6) is 0 Å². The third kappa shape index (κ3) is 2.16. The Kier molecular flexibility index (Phi) is 3.23. The van der Waals surface area contributed by atoms with Gasteiger partial charge in [0, 0.05) is 19.2 Å². The lowest BCUT2D eigenvalue weighted by Gasteiger charge is -2.11. The van der Waals surface area contributed by atoms with Crippen LogP contribution in [-0.2, 0) is 0 Å². The van der Waals surface area contributed by atoms with Gasteiger partial charge in [-0.3, -0.25) is 0 Å². The van der Waals surface area contributed by atoms with Gasteiger partial charge in [0.15, 0.2) is 0 Å². The molecule has 0 aliphatic carbocycles. The second-order valence-corrected chi connectivity index (χ2v) is 7.47. The lowest BCUT2D eigenvalue weighted by atomic mass is 10.2. The summed E-state index contributed by atoms with van der Waals surface area (Å²) in [5, 5.41) is 5.51. The molecular weight excluding hydrogens is 290 g/mol. The largest absolute Gasteiger partial charge is 0.308 e. The van der Waals surface area contributed by atoms with Crippen molar-refractivity contribution in [2.24, 2.45) is 0 Å². The molecule has 0 amide bonds. The molecule has 0 fully saturated rings. The summed E-state index contributed by atoms with van der Waals surface area (Å²) in [5.41, 5.74) is 0. The van der Waals surface area contributed by atoms with Gasteiger partial charge in [0.2, 0.25) is 0 Å². The fourth-order valence-electron chi connectivity index (χ4n) is 1.83. The van der Waals surface area contributed by atoms with Gasteiger partial charge in [0.05, 0.1) is 10.4 Å². The molecule has 0 spiro atoms. The predicted octanol–water partition coefficient (Wildman–Crippen LogP) is 4.99. The van der Waals surface area contributed by atoms with Crippen LogP contribution >= 0.6 is 45.6 Å². The standard InChI is InChI=1S/C12H10ClNS3/c1-14-12(8-2-3-11(13)17-8)10-6-9-7(16-10)4-5-15-9/h2-6,12,14H,1H3. The molecule has 1 N–H and O–H groups in total. The highest BCUT2D eigenvalue weighted by molar-refractivity contribution is 7.27. The molecule has 0 bridgehead atoms. The SMILES string of the molecule is CNC(c1ccc(Cl)s1)c1cc2sccc2s1. The van der Waals surface area contributed by atoms with Gasteiger partial charge in [0.25, 0.3) is 0 Å². The highest BCUT2D eigenvalue weighted by Crippen LogP contribution is 2.38. The minimum absolute atomic E-state index is 0.261. The van der Waals surface area contributed by atoms with E-state index in [-0.39, 0.29) is 6.04 Å². The van der Waals surface area contributed by atoms with Gasteiger partial charge in [-0.25, -0.2) is 0 Å². The molecule has 1 nitrogen and oxygen atoms in total. The molecule has 3 rings (SSSR count). The summed E-state index contributed by atoms with van der Waals surface area (Å²) >= 11 is 11.3. The van der Waals surface area contributed by atoms with Gasteiger partial charge in [-0.05, 0) is 36.7 Å². The van der Waals surface area contributed by atoms with Crippen LogP contribution in [0.15, 0.2) is 29.6 Å². The zero-order valence-corrected chi connectivity index (χ0v) is 12.3. The normalized spacial score (nSPS) is 13.3. The molecular formula is C12H10ClNS3. The monoisotopic (exact) mass is 299 g/mol. The molecule has 0 radical (unpaired) electrons. The Morgan fingerprint density at radius 2 is 2.00 bits per heavy atom. The van der Waals surface area contributed by atoms with E-state index in [4.69, 9.17) is 11.6 Å². The minimum atomic E-state index is 0.261. The third-order valence-corrected chi connectivity index (χ3v) is 6.06. The maximum atomic E-state index is 6.00. The first-order chi connectivity index (χ1) is 8.28. The molecule has 0 aromatic carbocycles. The number of halogens is 1. The van der Waals surface area contributed by atoms with Crippen LogP contribution in [-0.4, -0.2) is 7.05 Å². The van der Waals surface area contributed by atoms with Crippen molar-refractivity contribution in [3.8, 4) is 0 Å². The van der Waals surface area contributed by atoms with Gasteiger partial charge in [-0.1, -0.05) is 11.6 Å². The molecule has 3 heterocycles. The first-order valence-corrected chi connectivity index (χ1v) is 8.06. The van der Waals surface area contributed by atoms with E-state index in [0.717, 1.165) is 4.34 Å². The summed E-state index contributed by atoms with van der Waals surface area (Å²) < 4.78 is 3.58. The van der Waals surface area contributed by atoms with Crippen LogP contribution in [0.3, 0.4) is 0 Å². The van der Waals surface area contributed by atoms with Crippen LogP contribution < -0.4 is 5.32 Å². The minimum Gasteiger partial charge on any atom is -0.308 e. The number of thiophene rings is 3. The maximum absolute atomic E-state index is 6.00. The fraction of sp³-hybridized carbons (Fsp3) is 0.167. The van der Waals surface area contributed by atoms with E-state index in [9.17, 15) is 0 Å². The molecule has 0 saturated carbocycles. The van der Waals surface area contributed by atoms with Crippen LogP contribution in [0, 0.1) is 0 Å². The van der Waals surface area contributed by atoms with E-state index in [2.05, 4.69) is 28.9 Å². The van der Waals surface area contributed by atoms with Crippen molar-refractivity contribution in [3.63, 3.8) is 0 Å². The molecule has 1 atom stereocenters. The first-order valence-electron chi connectivity index (χ1n) is 5.17. The average molecular weight is 300 g/mol. The second-order valence-electron chi connectivity index (χ2n) is 3.66. The second kappa shape index (κ2) is 4.71. The molecule has 3 aromatic rings. The zero-order valence-electron chi connectivity index (χ0n) is 9.07. The summed E-state index contributed by atoms with van der Waals surface area (Å²) in [6.07, 6.45) is 0. The molecule has 3 aromatic heterocycles. The summed E-state index contributed by atoms with van der Waals surface area (Å²) in [6.45, 7) is 0. The molecule has 88 valence electrons. The zero-order chi connectivity index (χ0) is 11.8. The van der Waals surface area contributed by atoms with Crippen molar-refractivity contribution in [1.29, 1.82) is 0 Å². The van der Waals surface area contributed by atoms with Crippen molar-refractivity contribution in [3.05, 3.63) is 43.7 Å². The Hall–Kier alpha value is -0.390. The van der Waals surface area contributed by atoms with E-state index in [1.807, 2.05) is 24.5 Å². The van der Waals surface area contributed by atoms with E-state index in [1.54, 1.807) is 22.7 Å². The van der Waals surface area contributed by atoms with Crippen LogP contribution in [0.4, 0.5) is 0 Å². The number of hydrogen-bond donors (Lipinski definition) is 1. The highest BCUT2D eigenvalue weighted by Gasteiger charge is 2.17. The smallest absolute Gasteiger partial charge is 0.0931 e. The Morgan fingerprint density at radius 1 is 1.12 bits per heavy atom. The number of fused-ring (bicyclic) bond motifs is 1. The quantitative estimate of drug-likeness (QED) is 0.718. The fourth-order valence-corrected chi connectivity index (χ4v) is 5.35. The molecule has 0 aliphatic heterocycles. The lowest BCUT2D eigenvalue weighted by molar-refractivity contribution is 0.717. The van der Waals surface area contributed by atoms with Gasteiger partial charge < -0.3 is 5.32 Å². The molecule has 17 heavy (non-hydrogen) atoms. The Morgan fingerprint density at radius 3 is 2.65 bits per heavy atom. The summed E-state index contributed by atoms with van der Waals surface area (Å²) in [6, 6.07) is 8.78. The van der Waals surface area contributed by atoms with Gasteiger partial charge in [0.1, 0.15) is 0 Å². The van der Waals surface area contributed by atoms with Crippen molar-refractivity contribution >= 4 is 55.0 Å². The number of nitrogens with one attached hydrogen (secondary N) is 1. The van der Waals surface area contributed by atoms with Crippen LogP contribution in [0.2, 0.25) is 4.34 Å². The van der Waals surface area contributed by atoms with E-state index in [0.29, 0.717) is 0 Å². The number of hydrogen-bond acceptors (Lipinski definition) is 4. The van der Waals surface area contributed by atoms with Gasteiger partial charge >= 0.3 is 0 Å². The summed E-state index contributed by atoms with van der Waals surface area (Å²) in [7, 11) is 1.99. The van der Waals surface area contributed by atoms with Crippen molar-refractivity contribution in [1.82, 2.24) is 5.32 Å². The van der Waals surface area contributed by atoms with E-state index in [1.165, 1.54) is 19.2 Å². The van der Waals surface area contributed by atoms with Crippen LogP contribution in [0.25, 0.3) is 9.40 Å².